The molecule has 3 nitrogen and oxygen atoms in total. The molecule has 0 aliphatic carbocycles. The minimum absolute atomic E-state index is 0.742. The Bertz CT molecular complexity index is 538. The molecule has 0 aromatic carbocycles. The van der Waals surface area contributed by atoms with E-state index in [0.717, 1.165) is 24.6 Å². The third-order valence-electron chi connectivity index (χ3n) is 3.91. The molecule has 1 saturated heterocycles. The zero-order valence-corrected chi connectivity index (χ0v) is 12.8. The minimum atomic E-state index is 0.742. The molecule has 3 heterocycles. The fourth-order valence-electron chi connectivity index (χ4n) is 3.01. The summed E-state index contributed by atoms with van der Waals surface area (Å²) in [4.78, 5) is 12.7. The number of piperidine rings is 1. The third-order valence-corrected chi connectivity index (χ3v) is 4.67. The van der Waals surface area contributed by atoms with E-state index in [0.29, 0.717) is 0 Å². The first kappa shape index (κ1) is 13.7. The van der Waals surface area contributed by atoms with Crippen molar-refractivity contribution < 1.29 is 0 Å². The number of likely N-dealkylation sites (tertiary alicyclic amines) is 1. The minimum Gasteiger partial charge on any atom is -0.298 e. The first-order valence-electron chi connectivity index (χ1n) is 7.32. The van der Waals surface area contributed by atoms with Crippen LogP contribution in [0.5, 0.6) is 0 Å². The van der Waals surface area contributed by atoms with Gasteiger partial charge in [0.1, 0.15) is 0 Å². The predicted octanol–water partition coefficient (Wildman–Crippen LogP) is 3.30. The van der Waals surface area contributed by atoms with E-state index in [-0.39, 0.29) is 0 Å². The van der Waals surface area contributed by atoms with Crippen molar-refractivity contribution in [2.75, 3.05) is 13.1 Å². The van der Waals surface area contributed by atoms with Crippen molar-refractivity contribution in [2.24, 2.45) is 5.92 Å². The predicted molar refractivity (Wildman–Crippen MR) is 82.8 cm³/mol. The van der Waals surface area contributed by atoms with Gasteiger partial charge in [-0.05, 0) is 50.8 Å². The lowest BCUT2D eigenvalue weighted by Gasteiger charge is -2.32. The maximum Gasteiger partial charge on any atom is 0.0794 e. The van der Waals surface area contributed by atoms with Crippen LogP contribution in [0.3, 0.4) is 0 Å². The first-order valence-corrected chi connectivity index (χ1v) is 8.20. The van der Waals surface area contributed by atoms with Gasteiger partial charge in [0, 0.05) is 35.6 Å². The largest absolute Gasteiger partial charge is 0.298 e. The van der Waals surface area contributed by atoms with E-state index in [1.54, 1.807) is 11.3 Å². The van der Waals surface area contributed by atoms with Crippen LogP contribution in [0.4, 0.5) is 0 Å². The second kappa shape index (κ2) is 6.46. The summed E-state index contributed by atoms with van der Waals surface area (Å²) in [5.74, 6) is 0.742. The number of pyridine rings is 1. The van der Waals surface area contributed by atoms with Crippen molar-refractivity contribution in [3.63, 3.8) is 0 Å². The summed E-state index contributed by atoms with van der Waals surface area (Å²) in [5, 5.41) is 0. The van der Waals surface area contributed by atoms with Gasteiger partial charge in [-0.25, -0.2) is 0 Å². The molecule has 0 N–H and O–H groups in total. The van der Waals surface area contributed by atoms with Crippen LogP contribution in [0, 0.1) is 12.8 Å². The quantitative estimate of drug-likeness (QED) is 0.864. The highest BCUT2D eigenvalue weighted by molar-refractivity contribution is 7.09. The summed E-state index contributed by atoms with van der Waals surface area (Å²) < 4.78 is 0. The molecule has 20 heavy (non-hydrogen) atoms. The van der Waals surface area contributed by atoms with Crippen molar-refractivity contribution in [2.45, 2.75) is 32.7 Å². The van der Waals surface area contributed by atoms with Gasteiger partial charge in [-0.3, -0.25) is 14.9 Å². The van der Waals surface area contributed by atoms with Gasteiger partial charge < -0.3 is 0 Å². The normalized spacial score (nSPS) is 20.1. The van der Waals surface area contributed by atoms with Gasteiger partial charge in [0.15, 0.2) is 0 Å². The highest BCUT2D eigenvalue weighted by atomic mass is 32.1. The van der Waals surface area contributed by atoms with Crippen LogP contribution in [-0.2, 0) is 13.0 Å². The number of hydrogen-bond acceptors (Lipinski definition) is 4. The number of rotatable bonds is 4. The van der Waals surface area contributed by atoms with Gasteiger partial charge in [-0.1, -0.05) is 6.07 Å². The summed E-state index contributed by atoms with van der Waals surface area (Å²) in [5.41, 5.74) is 4.29. The molecule has 0 radical (unpaired) electrons. The summed E-state index contributed by atoms with van der Waals surface area (Å²) in [6.45, 7) is 5.53. The highest BCUT2D eigenvalue weighted by Crippen LogP contribution is 2.22. The van der Waals surface area contributed by atoms with Crippen molar-refractivity contribution >= 4 is 11.3 Å². The molecule has 0 spiro atoms. The summed E-state index contributed by atoms with van der Waals surface area (Å²) in [7, 11) is 0. The zero-order valence-electron chi connectivity index (χ0n) is 12.0. The number of hydrogen-bond donors (Lipinski definition) is 0. The fourth-order valence-corrected chi connectivity index (χ4v) is 3.65. The maximum atomic E-state index is 4.64. The van der Waals surface area contributed by atoms with Gasteiger partial charge >= 0.3 is 0 Å². The van der Waals surface area contributed by atoms with Crippen LogP contribution >= 0.6 is 11.3 Å². The van der Waals surface area contributed by atoms with Crippen molar-refractivity contribution in [1.29, 1.82) is 0 Å². The van der Waals surface area contributed by atoms with Crippen molar-refractivity contribution in [3.05, 3.63) is 46.2 Å². The van der Waals surface area contributed by atoms with E-state index in [4.69, 9.17) is 0 Å². The van der Waals surface area contributed by atoms with Crippen LogP contribution in [0.25, 0.3) is 0 Å². The third kappa shape index (κ3) is 3.64. The number of aryl methyl sites for hydroxylation is 1. The molecular weight excluding hydrogens is 266 g/mol. The Hall–Kier alpha value is -1.26. The molecule has 4 heteroatoms. The van der Waals surface area contributed by atoms with Gasteiger partial charge in [-0.15, -0.1) is 11.3 Å². The van der Waals surface area contributed by atoms with E-state index in [2.05, 4.69) is 40.0 Å². The Morgan fingerprint density at radius 2 is 2.35 bits per heavy atom. The van der Waals surface area contributed by atoms with Gasteiger partial charge in [0.25, 0.3) is 0 Å². The molecule has 2 aromatic rings. The van der Waals surface area contributed by atoms with Gasteiger partial charge in [-0.2, -0.15) is 0 Å². The fraction of sp³-hybridized carbons (Fsp3) is 0.500. The van der Waals surface area contributed by atoms with Crippen LogP contribution in [0.15, 0.2) is 29.9 Å². The maximum absolute atomic E-state index is 4.64. The molecule has 1 atom stereocenters. The number of aromatic nitrogens is 2. The molecule has 1 aliphatic rings. The van der Waals surface area contributed by atoms with Gasteiger partial charge in [0.2, 0.25) is 0 Å². The van der Waals surface area contributed by atoms with E-state index >= 15 is 0 Å². The van der Waals surface area contributed by atoms with Crippen LogP contribution < -0.4 is 0 Å². The summed E-state index contributed by atoms with van der Waals surface area (Å²) in [6, 6.07) is 6.35. The Balaban J connectivity index is 1.57. The lowest BCUT2D eigenvalue weighted by molar-refractivity contribution is 0.167. The second-order valence-corrected chi connectivity index (χ2v) is 6.66. The van der Waals surface area contributed by atoms with Crippen LogP contribution in [0.1, 0.15) is 29.1 Å². The molecule has 1 aliphatic heterocycles. The Morgan fingerprint density at radius 3 is 3.15 bits per heavy atom. The Kier molecular flexibility index (Phi) is 4.43. The first-order chi connectivity index (χ1) is 9.79. The zero-order chi connectivity index (χ0) is 13.8. The van der Waals surface area contributed by atoms with Crippen molar-refractivity contribution in [1.82, 2.24) is 14.9 Å². The lowest BCUT2D eigenvalue weighted by atomic mass is 9.93. The molecule has 1 unspecified atom stereocenters. The topological polar surface area (TPSA) is 29.0 Å². The number of thiazole rings is 1. The molecule has 1 fully saturated rings. The smallest absolute Gasteiger partial charge is 0.0794 e. The van der Waals surface area contributed by atoms with Gasteiger partial charge in [0.05, 0.1) is 5.51 Å². The average molecular weight is 287 g/mol. The van der Waals surface area contributed by atoms with E-state index in [1.165, 1.54) is 36.5 Å². The van der Waals surface area contributed by atoms with E-state index < -0.39 is 0 Å². The molecular formula is C16H21N3S. The highest BCUT2D eigenvalue weighted by Gasteiger charge is 2.21. The molecule has 3 rings (SSSR count). The van der Waals surface area contributed by atoms with Crippen molar-refractivity contribution in [3.8, 4) is 0 Å². The average Bonchev–Trinajstić information content (AvgIpc) is 2.92. The summed E-state index contributed by atoms with van der Waals surface area (Å²) in [6.07, 6.45) is 5.74. The van der Waals surface area contributed by atoms with Crippen LogP contribution in [-0.4, -0.2) is 28.0 Å². The van der Waals surface area contributed by atoms with Crippen LogP contribution in [0.2, 0.25) is 0 Å². The summed E-state index contributed by atoms with van der Waals surface area (Å²) >= 11 is 1.76. The van der Waals surface area contributed by atoms with E-state index in [1.807, 2.05) is 11.7 Å². The SMILES string of the molecule is Cc1cccc(CC2CCCN(Cc3cncs3)C2)n1. The Morgan fingerprint density at radius 1 is 1.40 bits per heavy atom. The molecule has 0 saturated carbocycles. The molecule has 2 aromatic heterocycles. The Labute approximate surface area is 124 Å². The second-order valence-electron chi connectivity index (χ2n) is 5.69. The standard InChI is InChI=1S/C16H21N3S/c1-13-4-2-6-15(18-13)8-14-5-3-7-19(10-14)11-16-9-17-12-20-16/h2,4,6,9,12,14H,3,5,7-8,10-11H2,1H3. The monoisotopic (exact) mass is 287 g/mol. The molecule has 106 valence electrons. The number of nitrogens with zero attached hydrogens (tertiary/aromatic N) is 3. The lowest BCUT2D eigenvalue weighted by Crippen LogP contribution is -2.35. The molecule has 0 amide bonds. The van der Waals surface area contributed by atoms with E-state index in [9.17, 15) is 0 Å². The molecule has 0 bridgehead atoms.